The number of anilines is 1. The van der Waals surface area contributed by atoms with Crippen molar-refractivity contribution >= 4 is 31.6 Å². The normalized spacial score (nSPS) is 17.5. The topological polar surface area (TPSA) is 104 Å². The number of aryl methyl sites for hydroxylation is 1. The number of hydrogen-bond acceptors (Lipinski definition) is 6. The Balaban J connectivity index is 1.90. The van der Waals surface area contributed by atoms with Crippen LogP contribution in [0.4, 0.5) is 5.69 Å². The third-order valence-corrected chi connectivity index (χ3v) is 8.31. The second-order valence-corrected chi connectivity index (χ2v) is 11.1. The molecule has 0 spiro atoms. The van der Waals surface area contributed by atoms with Crippen LogP contribution >= 0.6 is 0 Å². The maximum Gasteiger partial charge on any atom is 0.242 e. The number of carbonyl (C=O) groups is 1. The van der Waals surface area contributed by atoms with Gasteiger partial charge in [0.05, 0.1) is 16.3 Å². The van der Waals surface area contributed by atoms with Gasteiger partial charge in [0, 0.05) is 19.0 Å². The number of rotatable bonds is 7. The van der Waals surface area contributed by atoms with E-state index in [9.17, 15) is 21.6 Å². The molecule has 1 aliphatic heterocycles. The molecule has 10 heteroatoms. The smallest absolute Gasteiger partial charge is 0.242 e. The molecule has 3 rings (SSSR count). The third kappa shape index (κ3) is 4.56. The Kier molecular flexibility index (Phi) is 6.32. The molecule has 2 aromatic rings. The minimum absolute atomic E-state index is 0.0377. The Morgan fingerprint density at radius 3 is 2.37 bits per heavy atom. The molecule has 1 amide bonds. The van der Waals surface area contributed by atoms with Gasteiger partial charge in [0.1, 0.15) is 0 Å². The van der Waals surface area contributed by atoms with Crippen LogP contribution in [0, 0.1) is 6.92 Å². The Bertz CT molecular complexity index is 1150. The lowest BCUT2D eigenvalue weighted by Gasteiger charge is -2.25. The van der Waals surface area contributed by atoms with Crippen LogP contribution in [0.1, 0.15) is 23.6 Å². The van der Waals surface area contributed by atoms with E-state index in [1.165, 1.54) is 18.2 Å². The maximum atomic E-state index is 13.0. The lowest BCUT2D eigenvalue weighted by molar-refractivity contribution is -0.116. The number of sulfonamides is 2. The first-order chi connectivity index (χ1) is 14.0. The molecule has 1 aliphatic rings. The Labute approximate surface area is 177 Å². The van der Waals surface area contributed by atoms with Gasteiger partial charge in [-0.15, -0.1) is 0 Å². The first kappa shape index (κ1) is 22.4. The average molecular weight is 452 g/mol. The molecule has 162 valence electrons. The van der Waals surface area contributed by atoms with E-state index in [2.05, 4.69) is 4.72 Å². The molecule has 1 heterocycles. The molecular formula is C20H25N3O5S2. The fourth-order valence-electron chi connectivity index (χ4n) is 3.41. The predicted molar refractivity (Wildman–Crippen MR) is 115 cm³/mol. The second-order valence-electron chi connectivity index (χ2n) is 7.42. The number of nitrogens with one attached hydrogen (secondary N) is 1. The standard InChI is InChI=1S/C20H25N3O5S2/c1-15-9-10-17(23-20(24)11-12-29(23,25)26)13-19(15)30(27,28)21-14-18(22(2)3)16-7-5-4-6-8-16/h4-10,13,18,21H,11-12,14H2,1-3H3/t18-/m1/s1. The van der Waals surface area contributed by atoms with Gasteiger partial charge in [-0.05, 0) is 44.3 Å². The first-order valence-electron chi connectivity index (χ1n) is 9.40. The van der Waals surface area contributed by atoms with Gasteiger partial charge >= 0.3 is 0 Å². The zero-order valence-corrected chi connectivity index (χ0v) is 18.7. The van der Waals surface area contributed by atoms with Crippen molar-refractivity contribution in [3.8, 4) is 0 Å². The summed E-state index contributed by atoms with van der Waals surface area (Å²) in [6.45, 7) is 1.75. The van der Waals surface area contributed by atoms with E-state index in [1.54, 1.807) is 6.92 Å². The van der Waals surface area contributed by atoms with Crippen LogP contribution in [0.25, 0.3) is 0 Å². The molecule has 2 aromatic carbocycles. The van der Waals surface area contributed by atoms with Crippen LogP contribution in [-0.2, 0) is 24.8 Å². The van der Waals surface area contributed by atoms with Crippen molar-refractivity contribution in [1.29, 1.82) is 0 Å². The molecule has 0 aromatic heterocycles. The van der Waals surface area contributed by atoms with Gasteiger partial charge < -0.3 is 4.90 Å². The van der Waals surface area contributed by atoms with Crippen molar-refractivity contribution in [3.05, 3.63) is 59.7 Å². The molecule has 30 heavy (non-hydrogen) atoms. The zero-order chi connectivity index (χ0) is 22.1. The zero-order valence-electron chi connectivity index (χ0n) is 17.1. The van der Waals surface area contributed by atoms with E-state index in [0.29, 0.717) is 9.87 Å². The molecule has 1 fully saturated rings. The highest BCUT2D eigenvalue weighted by Gasteiger charge is 2.37. The fourth-order valence-corrected chi connectivity index (χ4v) is 6.17. The predicted octanol–water partition coefficient (Wildman–Crippen LogP) is 1.64. The van der Waals surface area contributed by atoms with Gasteiger partial charge in [-0.1, -0.05) is 36.4 Å². The van der Waals surface area contributed by atoms with Gasteiger partial charge in [0.15, 0.2) is 0 Å². The van der Waals surface area contributed by atoms with E-state index in [1.807, 2.05) is 49.3 Å². The number of carbonyl (C=O) groups excluding carboxylic acids is 1. The number of likely N-dealkylation sites (N-methyl/N-ethyl adjacent to an activating group) is 1. The molecule has 0 unspecified atom stereocenters. The Hall–Kier alpha value is -2.27. The SMILES string of the molecule is Cc1ccc(N2C(=O)CCS2(=O)=O)cc1S(=O)(=O)NC[C@H](c1ccccc1)N(C)C. The van der Waals surface area contributed by atoms with Crippen LogP contribution in [-0.4, -0.2) is 54.0 Å². The van der Waals surface area contributed by atoms with Crippen LogP contribution < -0.4 is 9.03 Å². The molecule has 0 radical (unpaired) electrons. The lowest BCUT2D eigenvalue weighted by Crippen LogP contribution is -2.35. The van der Waals surface area contributed by atoms with Crippen molar-refractivity contribution in [2.24, 2.45) is 0 Å². The van der Waals surface area contributed by atoms with Gasteiger partial charge in [0.2, 0.25) is 26.0 Å². The number of nitrogens with zero attached hydrogens (tertiary/aromatic N) is 2. The molecular weight excluding hydrogens is 426 g/mol. The summed E-state index contributed by atoms with van der Waals surface area (Å²) in [6.07, 6.45) is -0.113. The van der Waals surface area contributed by atoms with Gasteiger partial charge in [-0.2, -0.15) is 0 Å². The van der Waals surface area contributed by atoms with Crippen molar-refractivity contribution < 1.29 is 21.6 Å². The van der Waals surface area contributed by atoms with E-state index >= 15 is 0 Å². The molecule has 1 saturated heterocycles. The van der Waals surface area contributed by atoms with Crippen LogP contribution in [0.15, 0.2) is 53.4 Å². The molecule has 1 N–H and O–H groups in total. The summed E-state index contributed by atoms with van der Waals surface area (Å²) in [7, 11) is -3.99. The Morgan fingerprint density at radius 1 is 1.13 bits per heavy atom. The summed E-state index contributed by atoms with van der Waals surface area (Å²) >= 11 is 0. The molecule has 0 bridgehead atoms. The van der Waals surface area contributed by atoms with Crippen molar-refractivity contribution in [2.75, 3.05) is 30.7 Å². The van der Waals surface area contributed by atoms with Crippen LogP contribution in [0.3, 0.4) is 0 Å². The summed E-state index contributed by atoms with van der Waals surface area (Å²) in [4.78, 5) is 13.9. The lowest BCUT2D eigenvalue weighted by atomic mass is 10.1. The fraction of sp³-hybridized carbons (Fsp3) is 0.350. The Morgan fingerprint density at radius 2 is 1.80 bits per heavy atom. The monoisotopic (exact) mass is 451 g/mol. The summed E-state index contributed by atoms with van der Waals surface area (Å²) < 4.78 is 53.8. The quantitative estimate of drug-likeness (QED) is 0.686. The second kappa shape index (κ2) is 8.46. The van der Waals surface area contributed by atoms with E-state index < -0.39 is 26.0 Å². The summed E-state index contributed by atoms with van der Waals surface area (Å²) in [5.74, 6) is -0.839. The molecule has 0 saturated carbocycles. The highest BCUT2D eigenvalue weighted by molar-refractivity contribution is 7.94. The largest absolute Gasteiger partial charge is 0.301 e. The van der Waals surface area contributed by atoms with Crippen molar-refractivity contribution in [1.82, 2.24) is 9.62 Å². The van der Waals surface area contributed by atoms with E-state index in [-0.39, 0.29) is 35.3 Å². The third-order valence-electron chi connectivity index (χ3n) is 5.05. The minimum atomic E-state index is -3.94. The highest BCUT2D eigenvalue weighted by atomic mass is 32.2. The summed E-state index contributed by atoms with van der Waals surface area (Å²) in [5, 5.41) is 0. The minimum Gasteiger partial charge on any atom is -0.301 e. The van der Waals surface area contributed by atoms with E-state index in [4.69, 9.17) is 0 Å². The van der Waals surface area contributed by atoms with Crippen molar-refractivity contribution in [2.45, 2.75) is 24.3 Å². The van der Waals surface area contributed by atoms with Gasteiger partial charge in [-0.3, -0.25) is 4.79 Å². The van der Waals surface area contributed by atoms with Crippen molar-refractivity contribution in [3.63, 3.8) is 0 Å². The number of amides is 1. The van der Waals surface area contributed by atoms with Gasteiger partial charge in [-0.25, -0.2) is 25.9 Å². The van der Waals surface area contributed by atoms with E-state index in [0.717, 1.165) is 5.56 Å². The number of benzene rings is 2. The maximum absolute atomic E-state index is 13.0. The first-order valence-corrected chi connectivity index (χ1v) is 12.5. The summed E-state index contributed by atoms with van der Waals surface area (Å²) in [6, 6.07) is 13.5. The average Bonchev–Trinajstić information content (AvgIpc) is 2.95. The van der Waals surface area contributed by atoms with Crippen LogP contribution in [0.2, 0.25) is 0 Å². The van der Waals surface area contributed by atoms with Crippen LogP contribution in [0.5, 0.6) is 0 Å². The summed E-state index contributed by atoms with van der Waals surface area (Å²) in [5.41, 5.74) is 1.46. The van der Waals surface area contributed by atoms with Gasteiger partial charge in [0.25, 0.3) is 0 Å². The molecule has 1 atom stereocenters. The molecule has 0 aliphatic carbocycles. The highest BCUT2D eigenvalue weighted by Crippen LogP contribution is 2.29. The molecule has 8 nitrogen and oxygen atoms in total. The number of hydrogen-bond donors (Lipinski definition) is 1.